The zero-order valence-electron chi connectivity index (χ0n) is 13.7. The van der Waals surface area contributed by atoms with Crippen LogP contribution in [0, 0.1) is 0 Å². The first-order valence-electron chi connectivity index (χ1n) is 8.14. The van der Waals surface area contributed by atoms with E-state index in [1.807, 2.05) is 6.07 Å². The number of hydrogen-bond donors (Lipinski definition) is 0. The molecule has 0 bridgehead atoms. The average Bonchev–Trinajstić information content (AvgIpc) is 2.95. The van der Waals surface area contributed by atoms with Crippen LogP contribution in [0.3, 0.4) is 0 Å². The highest BCUT2D eigenvalue weighted by molar-refractivity contribution is 5.78. The van der Waals surface area contributed by atoms with Gasteiger partial charge in [-0.3, -0.25) is 0 Å². The number of benzene rings is 1. The zero-order chi connectivity index (χ0) is 15.3. The molecule has 1 aromatic heterocycles. The Morgan fingerprint density at radius 2 is 1.90 bits per heavy atom. The van der Waals surface area contributed by atoms with Crippen LogP contribution in [-0.2, 0) is 5.41 Å². The number of oxazole rings is 1. The van der Waals surface area contributed by atoms with Crippen LogP contribution < -0.4 is 4.74 Å². The van der Waals surface area contributed by atoms with E-state index in [1.54, 1.807) is 7.11 Å². The molecule has 2 aromatic rings. The molecule has 0 spiro atoms. The molecule has 0 N–H and O–H groups in total. The lowest BCUT2D eigenvalue weighted by Crippen LogP contribution is -2.24. The first-order valence-corrected chi connectivity index (χ1v) is 8.14. The van der Waals surface area contributed by atoms with E-state index in [2.05, 4.69) is 37.9 Å². The summed E-state index contributed by atoms with van der Waals surface area (Å²) in [6.07, 6.45) is 7.63. The predicted molar refractivity (Wildman–Crippen MR) is 87.0 cm³/mol. The summed E-state index contributed by atoms with van der Waals surface area (Å²) in [6, 6.07) is 6.25. The lowest BCUT2D eigenvalue weighted by molar-refractivity contribution is 0.299. The Hall–Kier alpha value is -1.51. The summed E-state index contributed by atoms with van der Waals surface area (Å²) in [7, 11) is 1.60. The van der Waals surface area contributed by atoms with Crippen molar-refractivity contribution in [3.63, 3.8) is 0 Å². The molecule has 0 aliphatic rings. The molecule has 1 heterocycles. The summed E-state index contributed by atoms with van der Waals surface area (Å²) < 4.78 is 10.8. The van der Waals surface area contributed by atoms with Crippen LogP contribution >= 0.6 is 0 Å². The van der Waals surface area contributed by atoms with E-state index in [4.69, 9.17) is 9.15 Å². The third kappa shape index (κ3) is 3.07. The molecule has 0 radical (unpaired) electrons. The van der Waals surface area contributed by atoms with Crippen molar-refractivity contribution in [2.24, 2.45) is 0 Å². The van der Waals surface area contributed by atoms with Gasteiger partial charge in [-0.25, -0.2) is 0 Å². The van der Waals surface area contributed by atoms with Crippen LogP contribution in [-0.4, -0.2) is 12.1 Å². The molecular formula is C18H27NO2. The molecule has 0 aliphatic heterocycles. The van der Waals surface area contributed by atoms with Gasteiger partial charge < -0.3 is 9.15 Å². The lowest BCUT2D eigenvalue weighted by atomic mass is 9.72. The van der Waals surface area contributed by atoms with E-state index in [0.717, 1.165) is 23.9 Å². The maximum absolute atomic E-state index is 5.63. The number of unbranched alkanes of at least 4 members (excludes halogenated alkanes) is 2. The molecule has 0 unspecified atom stereocenters. The van der Waals surface area contributed by atoms with Gasteiger partial charge >= 0.3 is 6.08 Å². The minimum atomic E-state index is 0.191. The molecule has 0 fully saturated rings. The SMILES string of the molecule is CCCCCC(CC)(CC)c1cccc2oc(OC)nc12. The number of methoxy groups -OCH3 is 1. The number of rotatable bonds is 8. The number of hydrogen-bond acceptors (Lipinski definition) is 3. The van der Waals surface area contributed by atoms with Crippen LogP contribution in [0.5, 0.6) is 6.08 Å². The van der Waals surface area contributed by atoms with Crippen LogP contribution in [0.15, 0.2) is 22.6 Å². The Bertz CT molecular complexity index is 570. The Morgan fingerprint density at radius 3 is 2.52 bits per heavy atom. The van der Waals surface area contributed by atoms with E-state index < -0.39 is 0 Å². The molecule has 0 amide bonds. The van der Waals surface area contributed by atoms with Crippen LogP contribution in [0.1, 0.15) is 64.9 Å². The van der Waals surface area contributed by atoms with Gasteiger partial charge in [0.2, 0.25) is 0 Å². The van der Waals surface area contributed by atoms with E-state index in [-0.39, 0.29) is 5.41 Å². The van der Waals surface area contributed by atoms with E-state index in [9.17, 15) is 0 Å². The van der Waals surface area contributed by atoms with Crippen molar-refractivity contribution in [1.29, 1.82) is 0 Å². The molecule has 0 saturated carbocycles. The predicted octanol–water partition coefficient (Wildman–Crippen LogP) is 5.47. The molecule has 0 saturated heterocycles. The normalized spacial score (nSPS) is 12.0. The van der Waals surface area contributed by atoms with Gasteiger partial charge in [0.05, 0.1) is 7.11 Å². The molecular weight excluding hydrogens is 262 g/mol. The minimum Gasteiger partial charge on any atom is -0.453 e. The van der Waals surface area contributed by atoms with E-state index in [1.165, 1.54) is 31.2 Å². The van der Waals surface area contributed by atoms with Gasteiger partial charge in [-0.05, 0) is 36.3 Å². The van der Waals surface area contributed by atoms with Crippen molar-refractivity contribution < 1.29 is 9.15 Å². The van der Waals surface area contributed by atoms with Crippen molar-refractivity contribution in [1.82, 2.24) is 4.98 Å². The Labute approximate surface area is 127 Å². The van der Waals surface area contributed by atoms with Gasteiger partial charge in [0.25, 0.3) is 0 Å². The van der Waals surface area contributed by atoms with Gasteiger partial charge in [-0.2, -0.15) is 4.98 Å². The molecule has 3 heteroatoms. The summed E-state index contributed by atoms with van der Waals surface area (Å²) in [6.45, 7) is 6.82. The average molecular weight is 289 g/mol. The van der Waals surface area contributed by atoms with E-state index >= 15 is 0 Å². The summed E-state index contributed by atoms with van der Waals surface area (Å²) in [4.78, 5) is 4.53. The second-order valence-electron chi connectivity index (χ2n) is 5.78. The fourth-order valence-electron chi connectivity index (χ4n) is 3.28. The first-order chi connectivity index (χ1) is 10.2. The summed E-state index contributed by atoms with van der Waals surface area (Å²) >= 11 is 0. The number of nitrogens with zero attached hydrogens (tertiary/aromatic N) is 1. The third-order valence-electron chi connectivity index (χ3n) is 4.76. The number of ether oxygens (including phenoxy) is 1. The monoisotopic (exact) mass is 289 g/mol. The van der Waals surface area contributed by atoms with Gasteiger partial charge in [0, 0.05) is 0 Å². The molecule has 0 aliphatic carbocycles. The smallest absolute Gasteiger partial charge is 0.394 e. The fourth-order valence-corrected chi connectivity index (χ4v) is 3.28. The topological polar surface area (TPSA) is 35.3 Å². The van der Waals surface area contributed by atoms with Crippen LogP contribution in [0.25, 0.3) is 11.1 Å². The van der Waals surface area contributed by atoms with Crippen molar-refractivity contribution in [3.8, 4) is 6.08 Å². The van der Waals surface area contributed by atoms with Gasteiger partial charge in [0.1, 0.15) is 5.52 Å². The highest BCUT2D eigenvalue weighted by Crippen LogP contribution is 2.40. The largest absolute Gasteiger partial charge is 0.453 e. The molecule has 2 rings (SSSR count). The van der Waals surface area contributed by atoms with Crippen molar-refractivity contribution in [2.75, 3.05) is 7.11 Å². The number of aromatic nitrogens is 1. The van der Waals surface area contributed by atoms with Crippen LogP contribution in [0.2, 0.25) is 0 Å². The Kier molecular flexibility index (Phi) is 5.27. The second-order valence-corrected chi connectivity index (χ2v) is 5.78. The van der Waals surface area contributed by atoms with Crippen LogP contribution in [0.4, 0.5) is 0 Å². The second kappa shape index (κ2) is 6.97. The highest BCUT2D eigenvalue weighted by Gasteiger charge is 2.31. The molecule has 116 valence electrons. The van der Waals surface area contributed by atoms with Gasteiger partial charge in [0.15, 0.2) is 5.58 Å². The maximum atomic E-state index is 5.63. The number of fused-ring (bicyclic) bond motifs is 1. The minimum absolute atomic E-state index is 0.191. The van der Waals surface area contributed by atoms with Gasteiger partial charge in [-0.1, -0.05) is 52.2 Å². The van der Waals surface area contributed by atoms with Crippen molar-refractivity contribution in [2.45, 2.75) is 64.7 Å². The molecule has 21 heavy (non-hydrogen) atoms. The maximum Gasteiger partial charge on any atom is 0.394 e. The lowest BCUT2D eigenvalue weighted by Gasteiger charge is -2.32. The zero-order valence-corrected chi connectivity index (χ0v) is 13.7. The Balaban J connectivity index is 2.46. The third-order valence-corrected chi connectivity index (χ3v) is 4.76. The summed E-state index contributed by atoms with van der Waals surface area (Å²) in [5, 5.41) is 0. The van der Waals surface area contributed by atoms with Crippen molar-refractivity contribution in [3.05, 3.63) is 23.8 Å². The quantitative estimate of drug-likeness (QED) is 0.604. The van der Waals surface area contributed by atoms with Crippen molar-refractivity contribution >= 4 is 11.1 Å². The van der Waals surface area contributed by atoms with Gasteiger partial charge in [-0.15, -0.1) is 0 Å². The molecule has 0 atom stereocenters. The summed E-state index contributed by atoms with van der Waals surface area (Å²) in [5.74, 6) is 0. The fraction of sp³-hybridized carbons (Fsp3) is 0.611. The van der Waals surface area contributed by atoms with E-state index in [0.29, 0.717) is 6.08 Å². The first kappa shape index (κ1) is 15.9. The number of para-hydroxylation sites is 1. The molecule has 3 nitrogen and oxygen atoms in total. The highest BCUT2D eigenvalue weighted by atomic mass is 16.6. The standard InChI is InChI=1S/C18H27NO2/c1-5-8-9-13-18(6-2,7-3)14-11-10-12-15-16(14)19-17(20-4)21-15/h10-12H,5-9,13H2,1-4H3. The summed E-state index contributed by atoms with van der Waals surface area (Å²) in [5.41, 5.74) is 3.30. The molecule has 1 aromatic carbocycles. The Morgan fingerprint density at radius 1 is 1.14 bits per heavy atom.